The Bertz CT molecular complexity index is 306. The molecule has 0 unspecified atom stereocenters. The molecule has 14 heavy (non-hydrogen) atoms. The van der Waals surface area contributed by atoms with Gasteiger partial charge in [0, 0.05) is 11.9 Å². The predicted molar refractivity (Wildman–Crippen MR) is 60.0 cm³/mol. The van der Waals surface area contributed by atoms with E-state index in [1.165, 1.54) is 37.8 Å². The molecule has 1 N–H and O–H groups in total. The number of hydrogen-bond donors (Lipinski definition) is 1. The van der Waals surface area contributed by atoms with Crippen molar-refractivity contribution < 1.29 is 0 Å². The summed E-state index contributed by atoms with van der Waals surface area (Å²) in [7, 11) is 0. The summed E-state index contributed by atoms with van der Waals surface area (Å²) in [4.78, 5) is 7.88. The smallest absolute Gasteiger partial charge is 0.0563 e. The Hall–Kier alpha value is -1.05. The fourth-order valence-corrected chi connectivity index (χ4v) is 2.02. The van der Waals surface area contributed by atoms with E-state index in [0.29, 0.717) is 6.04 Å². The Morgan fingerprint density at radius 1 is 1.29 bits per heavy atom. The van der Waals surface area contributed by atoms with E-state index < -0.39 is 0 Å². The molecular formula is C12H18N2. The second-order valence-electron chi connectivity index (χ2n) is 4.17. The van der Waals surface area contributed by atoms with Crippen LogP contribution in [0.5, 0.6) is 0 Å². The van der Waals surface area contributed by atoms with Crippen molar-refractivity contribution in [2.24, 2.45) is 4.99 Å². The van der Waals surface area contributed by atoms with Crippen LogP contribution < -0.4 is 0 Å². The number of aryl methyl sites for hydroxylation is 1. The van der Waals surface area contributed by atoms with Gasteiger partial charge < -0.3 is 4.98 Å². The molecule has 1 aliphatic carbocycles. The molecule has 0 aliphatic heterocycles. The van der Waals surface area contributed by atoms with Gasteiger partial charge in [-0.3, -0.25) is 4.99 Å². The lowest BCUT2D eigenvalue weighted by Crippen LogP contribution is -2.09. The Morgan fingerprint density at radius 2 is 2.07 bits per heavy atom. The number of H-pyrrole nitrogens is 1. The Morgan fingerprint density at radius 3 is 2.71 bits per heavy atom. The first-order chi connectivity index (χ1) is 6.84. The number of aromatic amines is 1. The molecule has 0 aromatic carbocycles. The second kappa shape index (κ2) is 4.45. The third-order valence-electron chi connectivity index (χ3n) is 2.85. The van der Waals surface area contributed by atoms with Gasteiger partial charge in [-0.1, -0.05) is 19.3 Å². The zero-order valence-electron chi connectivity index (χ0n) is 8.79. The molecule has 1 aromatic heterocycles. The highest BCUT2D eigenvalue weighted by molar-refractivity contribution is 5.77. The lowest BCUT2D eigenvalue weighted by atomic mass is 9.96. The first-order valence-electron chi connectivity index (χ1n) is 5.53. The van der Waals surface area contributed by atoms with Crippen LogP contribution in [-0.4, -0.2) is 17.2 Å². The minimum atomic E-state index is 0.576. The van der Waals surface area contributed by atoms with E-state index in [1.807, 2.05) is 6.21 Å². The van der Waals surface area contributed by atoms with Gasteiger partial charge in [0.2, 0.25) is 0 Å². The minimum absolute atomic E-state index is 0.576. The Kier molecular flexibility index (Phi) is 3.02. The lowest BCUT2D eigenvalue weighted by molar-refractivity contribution is 0.444. The fraction of sp³-hybridized carbons (Fsp3) is 0.583. The number of aliphatic imine (C=N–C) groups is 1. The van der Waals surface area contributed by atoms with Crippen LogP contribution in [0.4, 0.5) is 0 Å². The zero-order chi connectivity index (χ0) is 9.80. The summed E-state index contributed by atoms with van der Waals surface area (Å²) in [6.45, 7) is 2.07. The van der Waals surface area contributed by atoms with Gasteiger partial charge in [-0.15, -0.1) is 0 Å². The third-order valence-corrected chi connectivity index (χ3v) is 2.85. The molecule has 1 aliphatic rings. The molecule has 2 heteroatoms. The Labute approximate surface area is 85.4 Å². The number of rotatable bonds is 2. The van der Waals surface area contributed by atoms with Crippen molar-refractivity contribution in [3.8, 4) is 0 Å². The van der Waals surface area contributed by atoms with Gasteiger partial charge >= 0.3 is 0 Å². The summed E-state index contributed by atoms with van der Waals surface area (Å²) in [5, 5.41) is 0. The molecule has 0 bridgehead atoms. The number of nitrogens with zero attached hydrogens (tertiary/aromatic N) is 1. The summed E-state index contributed by atoms with van der Waals surface area (Å²) in [6, 6.07) is 4.75. The van der Waals surface area contributed by atoms with Crippen LogP contribution in [0.1, 0.15) is 43.5 Å². The van der Waals surface area contributed by atoms with Crippen molar-refractivity contribution in [3.63, 3.8) is 0 Å². The van der Waals surface area contributed by atoms with Crippen molar-refractivity contribution >= 4 is 6.21 Å². The standard InChI is InChI=1S/C12H18N2/c1-10-7-8-12(14-10)9-13-11-5-3-2-4-6-11/h7-9,11,14H,2-6H2,1H3. The van der Waals surface area contributed by atoms with E-state index in [2.05, 4.69) is 29.0 Å². The highest BCUT2D eigenvalue weighted by Gasteiger charge is 2.10. The number of nitrogens with one attached hydrogen (secondary N) is 1. The zero-order valence-corrected chi connectivity index (χ0v) is 8.79. The topological polar surface area (TPSA) is 28.1 Å². The maximum atomic E-state index is 4.61. The summed E-state index contributed by atoms with van der Waals surface area (Å²) >= 11 is 0. The molecular weight excluding hydrogens is 172 g/mol. The summed E-state index contributed by atoms with van der Waals surface area (Å²) in [5.41, 5.74) is 2.34. The number of hydrogen-bond acceptors (Lipinski definition) is 1. The maximum Gasteiger partial charge on any atom is 0.0563 e. The van der Waals surface area contributed by atoms with Gasteiger partial charge in [0.25, 0.3) is 0 Å². The summed E-state index contributed by atoms with van der Waals surface area (Å²) in [6.07, 6.45) is 8.64. The van der Waals surface area contributed by atoms with Gasteiger partial charge in [-0.05, 0) is 31.9 Å². The molecule has 2 rings (SSSR count). The quantitative estimate of drug-likeness (QED) is 0.694. The van der Waals surface area contributed by atoms with Crippen LogP contribution in [-0.2, 0) is 0 Å². The summed E-state index contributed by atoms with van der Waals surface area (Å²) in [5.74, 6) is 0. The van der Waals surface area contributed by atoms with Gasteiger partial charge in [0.1, 0.15) is 0 Å². The normalized spacial score (nSPS) is 19.2. The molecule has 76 valence electrons. The molecule has 0 spiro atoms. The highest BCUT2D eigenvalue weighted by atomic mass is 14.8. The minimum Gasteiger partial charge on any atom is -0.358 e. The largest absolute Gasteiger partial charge is 0.358 e. The van der Waals surface area contributed by atoms with Crippen LogP contribution in [0.3, 0.4) is 0 Å². The molecule has 1 fully saturated rings. The molecule has 2 nitrogen and oxygen atoms in total. The van der Waals surface area contributed by atoms with Crippen LogP contribution >= 0.6 is 0 Å². The molecule has 0 amide bonds. The third kappa shape index (κ3) is 2.47. The molecule has 0 saturated heterocycles. The monoisotopic (exact) mass is 190 g/mol. The average Bonchev–Trinajstić information content (AvgIpc) is 2.63. The van der Waals surface area contributed by atoms with Crippen LogP contribution in [0.2, 0.25) is 0 Å². The van der Waals surface area contributed by atoms with Crippen LogP contribution in [0.25, 0.3) is 0 Å². The fourth-order valence-electron chi connectivity index (χ4n) is 2.02. The van der Waals surface area contributed by atoms with Gasteiger partial charge in [-0.25, -0.2) is 0 Å². The van der Waals surface area contributed by atoms with Crippen molar-refractivity contribution in [1.82, 2.24) is 4.98 Å². The number of aromatic nitrogens is 1. The van der Waals surface area contributed by atoms with Gasteiger partial charge in [0.15, 0.2) is 0 Å². The van der Waals surface area contributed by atoms with Crippen LogP contribution in [0, 0.1) is 6.92 Å². The molecule has 1 heterocycles. The van der Waals surface area contributed by atoms with Crippen molar-refractivity contribution in [2.45, 2.75) is 45.1 Å². The van der Waals surface area contributed by atoms with E-state index in [-0.39, 0.29) is 0 Å². The average molecular weight is 190 g/mol. The first kappa shape index (κ1) is 9.50. The van der Waals surface area contributed by atoms with E-state index in [4.69, 9.17) is 0 Å². The van der Waals surface area contributed by atoms with Crippen molar-refractivity contribution in [3.05, 3.63) is 23.5 Å². The van der Waals surface area contributed by atoms with E-state index in [9.17, 15) is 0 Å². The van der Waals surface area contributed by atoms with Crippen molar-refractivity contribution in [2.75, 3.05) is 0 Å². The highest BCUT2D eigenvalue weighted by Crippen LogP contribution is 2.19. The Balaban J connectivity index is 1.92. The first-order valence-corrected chi connectivity index (χ1v) is 5.53. The summed E-state index contributed by atoms with van der Waals surface area (Å²) < 4.78 is 0. The van der Waals surface area contributed by atoms with E-state index in [0.717, 1.165) is 5.69 Å². The van der Waals surface area contributed by atoms with Crippen molar-refractivity contribution in [1.29, 1.82) is 0 Å². The molecule has 0 radical (unpaired) electrons. The van der Waals surface area contributed by atoms with Crippen LogP contribution in [0.15, 0.2) is 17.1 Å². The molecule has 1 saturated carbocycles. The predicted octanol–water partition coefficient (Wildman–Crippen LogP) is 3.07. The van der Waals surface area contributed by atoms with E-state index in [1.54, 1.807) is 0 Å². The lowest BCUT2D eigenvalue weighted by Gasteiger charge is -2.16. The molecule has 0 atom stereocenters. The van der Waals surface area contributed by atoms with E-state index >= 15 is 0 Å². The second-order valence-corrected chi connectivity index (χ2v) is 4.17. The van der Waals surface area contributed by atoms with Gasteiger partial charge in [-0.2, -0.15) is 0 Å². The maximum absolute atomic E-state index is 4.61. The van der Waals surface area contributed by atoms with Gasteiger partial charge in [0.05, 0.1) is 11.7 Å². The SMILES string of the molecule is Cc1ccc(C=NC2CCCCC2)[nH]1. The molecule has 1 aromatic rings.